The molecule has 28 heavy (non-hydrogen) atoms. The summed E-state index contributed by atoms with van der Waals surface area (Å²) >= 11 is 0. The summed E-state index contributed by atoms with van der Waals surface area (Å²) in [5.41, 5.74) is 0. The van der Waals surface area contributed by atoms with Crippen molar-refractivity contribution in [3.8, 4) is 0 Å². The largest absolute Gasteiger partial charge is 0.495 e. The topological polar surface area (TPSA) is 87.0 Å². The Balaban J connectivity index is 1.53. The number of fused-ring (bicyclic) bond motifs is 1. The number of hydrogen-bond donors (Lipinski definition) is 3. The molecule has 5 nitrogen and oxygen atoms in total. The van der Waals surface area contributed by atoms with Crippen LogP contribution in [-0.2, 0) is 9.53 Å². The van der Waals surface area contributed by atoms with Crippen molar-refractivity contribution in [1.82, 2.24) is 0 Å². The Kier molecular flexibility index (Phi) is 7.58. The van der Waals surface area contributed by atoms with Crippen LogP contribution >= 0.6 is 0 Å². The lowest BCUT2D eigenvalue weighted by molar-refractivity contribution is -0.143. The molecule has 1 aliphatic heterocycles. The molecule has 0 amide bonds. The summed E-state index contributed by atoms with van der Waals surface area (Å²) in [6.07, 6.45) is 13.9. The summed E-state index contributed by atoms with van der Waals surface area (Å²) in [6, 6.07) is 0. The van der Waals surface area contributed by atoms with Crippen LogP contribution in [0, 0.1) is 23.7 Å². The Morgan fingerprint density at radius 3 is 2.71 bits per heavy atom. The predicted molar refractivity (Wildman–Crippen MR) is 108 cm³/mol. The highest BCUT2D eigenvalue weighted by Gasteiger charge is 2.47. The lowest BCUT2D eigenvalue weighted by Crippen LogP contribution is -2.21. The van der Waals surface area contributed by atoms with Crippen molar-refractivity contribution in [1.29, 1.82) is 0 Å². The molecule has 3 N–H and O–H groups in total. The minimum absolute atomic E-state index is 0.0210. The summed E-state index contributed by atoms with van der Waals surface area (Å²) < 4.78 is 6.07. The van der Waals surface area contributed by atoms with Gasteiger partial charge in [0, 0.05) is 24.7 Å². The molecule has 3 rings (SSSR count). The van der Waals surface area contributed by atoms with Crippen molar-refractivity contribution < 1.29 is 24.9 Å². The number of carboxylic acid groups (broad SMARTS) is 1. The first-order valence-corrected chi connectivity index (χ1v) is 11.1. The summed E-state index contributed by atoms with van der Waals surface area (Å²) in [5, 5.41) is 29.8. The van der Waals surface area contributed by atoms with Crippen LogP contribution in [0.25, 0.3) is 0 Å². The maximum Gasteiger partial charge on any atom is 0.306 e. The minimum atomic E-state index is -0.659. The predicted octanol–water partition coefficient (Wildman–Crippen LogP) is 4.04. The second kappa shape index (κ2) is 9.93. The molecule has 1 heterocycles. The van der Waals surface area contributed by atoms with Gasteiger partial charge in [0.15, 0.2) is 0 Å². The fraction of sp³-hybridized carbons (Fsp3) is 0.783. The van der Waals surface area contributed by atoms with E-state index in [1.165, 1.54) is 0 Å². The number of carboxylic acids is 1. The number of rotatable bonds is 9. The summed E-state index contributed by atoms with van der Waals surface area (Å²) in [7, 11) is 0. The van der Waals surface area contributed by atoms with E-state index >= 15 is 0 Å². The zero-order valence-corrected chi connectivity index (χ0v) is 17.0. The van der Waals surface area contributed by atoms with E-state index in [1.54, 1.807) is 0 Å². The number of hydrogen-bond acceptors (Lipinski definition) is 4. The molecule has 0 radical (unpaired) electrons. The molecular formula is C23H36O5. The smallest absolute Gasteiger partial charge is 0.306 e. The number of aliphatic hydroxyl groups excluding tert-OH is 2. The van der Waals surface area contributed by atoms with Gasteiger partial charge in [-0.05, 0) is 44.1 Å². The fourth-order valence-corrected chi connectivity index (χ4v) is 5.38. The van der Waals surface area contributed by atoms with E-state index in [2.05, 4.69) is 6.08 Å². The van der Waals surface area contributed by atoms with E-state index < -0.39 is 18.2 Å². The van der Waals surface area contributed by atoms with Gasteiger partial charge in [0.25, 0.3) is 0 Å². The molecule has 0 aromatic rings. The van der Waals surface area contributed by atoms with Gasteiger partial charge in [-0.2, -0.15) is 0 Å². The van der Waals surface area contributed by atoms with E-state index in [-0.39, 0.29) is 23.9 Å². The molecular weight excluding hydrogens is 356 g/mol. The molecule has 3 fully saturated rings. The zero-order chi connectivity index (χ0) is 20.1. The average molecular weight is 393 g/mol. The second-order valence-electron chi connectivity index (χ2n) is 8.88. The first-order valence-electron chi connectivity index (χ1n) is 11.1. The molecule has 5 heteroatoms. The first kappa shape index (κ1) is 21.4. The molecule has 1 saturated heterocycles. The average Bonchev–Trinajstić information content (AvgIpc) is 3.34. The highest BCUT2D eigenvalue weighted by Crippen LogP contribution is 2.45. The van der Waals surface area contributed by atoms with Crippen molar-refractivity contribution in [2.45, 2.75) is 89.4 Å². The third-order valence-electron chi connectivity index (χ3n) is 6.91. The van der Waals surface area contributed by atoms with Crippen molar-refractivity contribution in [2.24, 2.45) is 23.7 Å². The Hall–Kier alpha value is -1.33. The molecule has 0 aromatic carbocycles. The number of carbonyl (C=O) groups is 1. The lowest BCUT2D eigenvalue weighted by Gasteiger charge is -2.18. The zero-order valence-electron chi connectivity index (χ0n) is 17.0. The van der Waals surface area contributed by atoms with Crippen LogP contribution in [0.1, 0.15) is 71.1 Å². The van der Waals surface area contributed by atoms with Gasteiger partial charge in [0.05, 0.1) is 23.9 Å². The molecule has 0 spiro atoms. The SMILES string of the molecule is CCC[C@H](O)/C=C/[C@@H]1[C@H]2C/C(=C/CCC(C(=O)O)C3CCCC3)O[C@@H]2C[C@H]1O. The van der Waals surface area contributed by atoms with E-state index in [0.717, 1.165) is 57.1 Å². The number of allylic oxidation sites excluding steroid dienone is 2. The maximum atomic E-state index is 11.6. The normalized spacial score (nSPS) is 34.0. The van der Waals surface area contributed by atoms with Crippen molar-refractivity contribution in [3.63, 3.8) is 0 Å². The van der Waals surface area contributed by atoms with Gasteiger partial charge in [0.1, 0.15) is 6.10 Å². The van der Waals surface area contributed by atoms with E-state index in [0.29, 0.717) is 18.8 Å². The van der Waals surface area contributed by atoms with E-state index in [1.807, 2.05) is 19.1 Å². The quantitative estimate of drug-likeness (QED) is 0.516. The first-order chi connectivity index (χ1) is 13.5. The van der Waals surface area contributed by atoms with Gasteiger partial charge in [-0.15, -0.1) is 0 Å². The van der Waals surface area contributed by atoms with Crippen LogP contribution < -0.4 is 0 Å². The van der Waals surface area contributed by atoms with E-state index in [9.17, 15) is 20.1 Å². The molecule has 1 unspecified atom stereocenters. The van der Waals surface area contributed by atoms with E-state index in [4.69, 9.17) is 4.74 Å². The Bertz CT molecular complexity index is 578. The van der Waals surface area contributed by atoms with Crippen LogP contribution in [0.2, 0.25) is 0 Å². The molecule has 2 aliphatic carbocycles. The summed E-state index contributed by atoms with van der Waals surface area (Å²) in [6.45, 7) is 2.04. The van der Waals surface area contributed by atoms with Crippen LogP contribution in [0.15, 0.2) is 24.0 Å². The van der Waals surface area contributed by atoms with Crippen LogP contribution in [-0.4, -0.2) is 39.6 Å². The number of aliphatic carboxylic acids is 1. The fourth-order valence-electron chi connectivity index (χ4n) is 5.38. The molecule has 3 aliphatic rings. The number of aliphatic hydroxyl groups is 2. The maximum absolute atomic E-state index is 11.6. The van der Waals surface area contributed by atoms with Gasteiger partial charge in [-0.25, -0.2) is 0 Å². The van der Waals surface area contributed by atoms with Gasteiger partial charge in [0.2, 0.25) is 0 Å². The van der Waals surface area contributed by atoms with Crippen molar-refractivity contribution in [2.75, 3.05) is 0 Å². The standard InChI is InChI=1S/C23H36O5/c1-2-6-16(24)11-12-19-20-13-17(28-22(20)14-21(19)25)9-5-10-18(23(26)27)15-7-3-4-8-15/h9,11-12,15-16,18-22,24-25H,2-8,10,13-14H2,1H3,(H,26,27)/b12-11+,17-9-/t16-,18?,19+,20+,21+,22+/m0/s1. The summed E-state index contributed by atoms with van der Waals surface area (Å²) in [4.78, 5) is 11.6. The van der Waals surface area contributed by atoms with Crippen LogP contribution in [0.4, 0.5) is 0 Å². The lowest BCUT2D eigenvalue weighted by atomic mass is 9.87. The Labute approximate surface area is 168 Å². The Morgan fingerprint density at radius 2 is 2.04 bits per heavy atom. The van der Waals surface area contributed by atoms with Gasteiger partial charge in [-0.3, -0.25) is 4.79 Å². The third-order valence-corrected chi connectivity index (χ3v) is 6.91. The molecule has 0 aromatic heterocycles. The Morgan fingerprint density at radius 1 is 1.29 bits per heavy atom. The summed E-state index contributed by atoms with van der Waals surface area (Å²) in [5.74, 6) is 0.652. The molecule has 2 saturated carbocycles. The van der Waals surface area contributed by atoms with Gasteiger partial charge < -0.3 is 20.1 Å². The molecule has 6 atom stereocenters. The monoisotopic (exact) mass is 392 g/mol. The van der Waals surface area contributed by atoms with Gasteiger partial charge >= 0.3 is 5.97 Å². The van der Waals surface area contributed by atoms with Crippen molar-refractivity contribution >= 4 is 5.97 Å². The van der Waals surface area contributed by atoms with Crippen LogP contribution in [0.3, 0.4) is 0 Å². The molecule has 158 valence electrons. The highest BCUT2D eigenvalue weighted by atomic mass is 16.5. The minimum Gasteiger partial charge on any atom is -0.495 e. The molecule has 0 bridgehead atoms. The number of ether oxygens (including phenoxy) is 1. The van der Waals surface area contributed by atoms with Crippen LogP contribution in [0.5, 0.6) is 0 Å². The second-order valence-corrected chi connectivity index (χ2v) is 8.88. The third kappa shape index (κ3) is 5.18. The van der Waals surface area contributed by atoms with Crippen molar-refractivity contribution in [3.05, 3.63) is 24.0 Å². The van der Waals surface area contributed by atoms with Gasteiger partial charge in [-0.1, -0.05) is 38.3 Å². The highest BCUT2D eigenvalue weighted by molar-refractivity contribution is 5.70.